The van der Waals surface area contributed by atoms with Crippen molar-refractivity contribution in [3.63, 3.8) is 0 Å². The number of rotatable bonds is 6. The molecule has 0 aliphatic heterocycles. The molecule has 0 bridgehead atoms. The van der Waals surface area contributed by atoms with Crippen molar-refractivity contribution < 1.29 is 35.7 Å². The molecular weight excluding hydrogens is 725 g/mol. The molecule has 0 amide bonds. The van der Waals surface area contributed by atoms with Crippen molar-refractivity contribution in [2.45, 2.75) is 31.6 Å². The van der Waals surface area contributed by atoms with E-state index in [0.717, 1.165) is 10.9 Å². The highest BCUT2D eigenvalue weighted by Gasteiger charge is 2.41. The van der Waals surface area contributed by atoms with E-state index in [2.05, 4.69) is 0 Å². The molecule has 0 aliphatic rings. The summed E-state index contributed by atoms with van der Waals surface area (Å²) in [5, 5.41) is 86.6. The Labute approximate surface area is 334 Å². The molecule has 1 atom stereocenters. The monoisotopic (exact) mass is 764 g/mol. The van der Waals surface area contributed by atoms with E-state index in [4.69, 9.17) is 0 Å². The molecule has 1 unspecified atom stereocenters. The van der Waals surface area contributed by atoms with Crippen LogP contribution in [0, 0.1) is 6.92 Å². The fourth-order valence-corrected chi connectivity index (χ4v) is 9.14. The normalized spacial score (nSPS) is 13.0. The molecule has 0 saturated carbocycles. The lowest BCUT2D eigenvalue weighted by Crippen LogP contribution is -2.28. The van der Waals surface area contributed by atoms with Crippen LogP contribution in [0.2, 0.25) is 0 Å². The third kappa shape index (κ3) is 5.13. The first kappa shape index (κ1) is 36.3. The lowest BCUT2D eigenvalue weighted by atomic mass is 9.66. The molecule has 9 aromatic carbocycles. The van der Waals surface area contributed by atoms with Crippen molar-refractivity contribution in [3.8, 4) is 40.2 Å². The number of benzene rings is 9. The molecule has 0 spiro atoms. The first-order chi connectivity index (χ1) is 27.8. The first-order valence-corrected chi connectivity index (χ1v) is 19.0. The Bertz CT molecular complexity index is 2740. The maximum absolute atomic E-state index is 12.1. The van der Waals surface area contributed by atoms with Gasteiger partial charge in [-0.25, -0.2) is 0 Å². The summed E-state index contributed by atoms with van der Waals surface area (Å²) in [7, 11) is 0. The van der Waals surface area contributed by atoms with Crippen molar-refractivity contribution in [2.75, 3.05) is 0 Å². The van der Waals surface area contributed by atoms with E-state index >= 15 is 0 Å². The lowest BCUT2D eigenvalue weighted by Gasteiger charge is -2.36. The van der Waals surface area contributed by atoms with Crippen LogP contribution >= 0.6 is 0 Å². The number of hydrogen-bond acceptors (Lipinski definition) is 7. The summed E-state index contributed by atoms with van der Waals surface area (Å²) in [6.45, 7) is 5.68. The highest BCUT2D eigenvalue weighted by atomic mass is 16.3. The minimum Gasteiger partial charge on any atom is -0.507 e. The van der Waals surface area contributed by atoms with Gasteiger partial charge in [-0.3, -0.25) is 0 Å². The molecule has 9 rings (SSSR count). The van der Waals surface area contributed by atoms with Gasteiger partial charge in [-0.2, -0.15) is 0 Å². The van der Waals surface area contributed by atoms with Gasteiger partial charge in [-0.15, -0.1) is 0 Å². The number of hydrogen-bond donors (Lipinski definition) is 7. The summed E-state index contributed by atoms with van der Waals surface area (Å²) in [4.78, 5) is 0. The number of phenolic OH excluding ortho intramolecular Hbond substituents is 7. The number of fused-ring (bicyclic) bond motifs is 4. The van der Waals surface area contributed by atoms with Gasteiger partial charge in [0, 0.05) is 70.8 Å². The first-order valence-electron chi connectivity index (χ1n) is 19.0. The van der Waals surface area contributed by atoms with Crippen molar-refractivity contribution in [1.82, 2.24) is 0 Å². The molecule has 0 radical (unpaired) electrons. The molecule has 7 N–H and O–H groups in total. The van der Waals surface area contributed by atoms with Crippen LogP contribution in [-0.2, 0) is 10.8 Å². The Morgan fingerprint density at radius 1 is 0.310 bits per heavy atom. The van der Waals surface area contributed by atoms with Crippen molar-refractivity contribution in [1.29, 1.82) is 0 Å². The Balaban J connectivity index is 1.34. The molecule has 7 heteroatoms. The Morgan fingerprint density at radius 3 is 0.862 bits per heavy atom. The van der Waals surface area contributed by atoms with Crippen LogP contribution in [0.1, 0.15) is 52.8 Å². The summed E-state index contributed by atoms with van der Waals surface area (Å²) in [5.74, 6) is -0.418. The molecule has 58 heavy (non-hydrogen) atoms. The third-order valence-corrected chi connectivity index (χ3v) is 12.4. The number of aromatic hydroxyl groups is 7. The number of aryl methyl sites for hydroxylation is 1. The van der Waals surface area contributed by atoms with Gasteiger partial charge in [-0.05, 0) is 61.0 Å². The molecule has 0 fully saturated rings. The second kappa shape index (κ2) is 13.1. The molecule has 0 aliphatic carbocycles. The van der Waals surface area contributed by atoms with Gasteiger partial charge in [0.2, 0.25) is 0 Å². The molecule has 9 aromatic rings. The maximum Gasteiger partial charge on any atom is 0.128 e. The average molecular weight is 765 g/mol. The summed E-state index contributed by atoms with van der Waals surface area (Å²) in [6, 6.07) is 42.4. The SMILES string of the molecule is Cc1cc(C(C)(c2ccc(C(C)(c3cc(O)c4ccccc4c3O)c3cc(O)c4ccccc4c3O)cc2)c2cc(O)c3ccccc3c2O)c(O)c2ccccc12. The van der Waals surface area contributed by atoms with E-state index < -0.39 is 10.8 Å². The minimum absolute atomic E-state index is 0.0257. The molecule has 7 nitrogen and oxygen atoms in total. The van der Waals surface area contributed by atoms with Gasteiger partial charge in [0.05, 0.1) is 0 Å². The van der Waals surface area contributed by atoms with Crippen LogP contribution in [0.25, 0.3) is 43.1 Å². The summed E-state index contributed by atoms with van der Waals surface area (Å²) >= 11 is 0. The Kier molecular flexibility index (Phi) is 8.19. The van der Waals surface area contributed by atoms with E-state index in [1.807, 2.05) is 75.4 Å². The van der Waals surface area contributed by atoms with Gasteiger partial charge < -0.3 is 35.7 Å². The zero-order valence-corrected chi connectivity index (χ0v) is 32.0. The molecule has 0 saturated heterocycles. The van der Waals surface area contributed by atoms with E-state index in [9.17, 15) is 35.7 Å². The predicted octanol–water partition coefficient (Wildman–Crippen LogP) is 11.3. The van der Waals surface area contributed by atoms with Gasteiger partial charge in [-0.1, -0.05) is 127 Å². The van der Waals surface area contributed by atoms with E-state index in [-0.39, 0.29) is 51.4 Å². The highest BCUT2D eigenvalue weighted by Crippen LogP contribution is 2.54. The molecule has 0 aromatic heterocycles. The zero-order chi connectivity index (χ0) is 40.7. The maximum atomic E-state index is 12.1. The van der Waals surface area contributed by atoms with Crippen molar-refractivity contribution >= 4 is 43.1 Å². The number of phenols is 7. The summed E-state index contributed by atoms with van der Waals surface area (Å²) < 4.78 is 0. The van der Waals surface area contributed by atoms with E-state index in [1.54, 1.807) is 78.9 Å². The van der Waals surface area contributed by atoms with Crippen molar-refractivity contribution in [2.24, 2.45) is 0 Å². The Morgan fingerprint density at radius 2 is 0.552 bits per heavy atom. The van der Waals surface area contributed by atoms with Crippen LogP contribution in [0.15, 0.2) is 146 Å². The predicted molar refractivity (Wildman–Crippen MR) is 230 cm³/mol. The van der Waals surface area contributed by atoms with Crippen LogP contribution in [-0.4, -0.2) is 35.7 Å². The zero-order valence-electron chi connectivity index (χ0n) is 32.0. The van der Waals surface area contributed by atoms with Crippen molar-refractivity contribution in [3.05, 3.63) is 185 Å². The van der Waals surface area contributed by atoms with Crippen LogP contribution in [0.3, 0.4) is 0 Å². The van der Waals surface area contributed by atoms with Gasteiger partial charge in [0.25, 0.3) is 0 Å². The second-order valence-corrected chi connectivity index (χ2v) is 15.5. The van der Waals surface area contributed by atoms with E-state index in [0.29, 0.717) is 60.0 Å². The van der Waals surface area contributed by atoms with Crippen LogP contribution < -0.4 is 0 Å². The standard InChI is InChI=1S/C51H40O7/c1-28-24-39(46(55)35-16-8-4-12-31(28)35)50(2,40-25-43(52)32-13-5-9-17-36(32)47(40)56)29-20-22-30(23-21-29)51(3,41-26-44(53)33-14-6-10-18-37(33)48(41)57)42-27-45(54)34-15-7-11-19-38(34)49(42)58/h4-27,52-58H,1-3H3. The largest absolute Gasteiger partial charge is 0.507 e. The summed E-state index contributed by atoms with van der Waals surface area (Å²) in [6.07, 6.45) is 0. The quantitative estimate of drug-likeness (QED) is 0.0660. The molecule has 286 valence electrons. The minimum atomic E-state index is -1.39. The highest BCUT2D eigenvalue weighted by molar-refractivity contribution is 5.98. The lowest BCUT2D eigenvalue weighted by molar-refractivity contribution is 0.438. The third-order valence-electron chi connectivity index (χ3n) is 12.4. The topological polar surface area (TPSA) is 142 Å². The van der Waals surface area contributed by atoms with Crippen LogP contribution in [0.5, 0.6) is 40.2 Å². The van der Waals surface area contributed by atoms with Gasteiger partial charge in [0.1, 0.15) is 40.2 Å². The van der Waals surface area contributed by atoms with Gasteiger partial charge in [0.15, 0.2) is 0 Å². The van der Waals surface area contributed by atoms with Crippen LogP contribution in [0.4, 0.5) is 0 Å². The second-order valence-electron chi connectivity index (χ2n) is 15.5. The van der Waals surface area contributed by atoms with Gasteiger partial charge >= 0.3 is 0 Å². The average Bonchev–Trinajstić information content (AvgIpc) is 3.25. The van der Waals surface area contributed by atoms with E-state index in [1.165, 1.54) is 12.1 Å². The molecule has 0 heterocycles. The smallest absolute Gasteiger partial charge is 0.128 e. The summed E-state index contributed by atoms with van der Waals surface area (Å²) in [5.41, 5.74) is 0.887. The fourth-order valence-electron chi connectivity index (χ4n) is 9.14. The molecular formula is C51H40O7. The Hall–Kier alpha value is -7.38. The fraction of sp³-hybridized carbons (Fsp3) is 0.0980.